The largest absolute Gasteiger partial charge is 0.481 e. The maximum atomic E-state index is 10.7. The van der Waals surface area contributed by atoms with Crippen LogP contribution in [0.1, 0.15) is 16.1 Å². The number of carboxylic acid groups (broad SMARTS) is 1. The number of hydrogen-bond acceptors (Lipinski definition) is 5. The molecular weight excluding hydrogens is 236 g/mol. The molecule has 0 saturated heterocycles. The summed E-state index contributed by atoms with van der Waals surface area (Å²) >= 11 is 0. The molecule has 18 heavy (non-hydrogen) atoms. The van der Waals surface area contributed by atoms with Gasteiger partial charge in [-0.05, 0) is 12.1 Å². The molecule has 2 aromatic rings. The molecule has 2 rings (SSSR count). The van der Waals surface area contributed by atoms with Crippen LogP contribution in [0.3, 0.4) is 0 Å². The summed E-state index contributed by atoms with van der Waals surface area (Å²) in [4.78, 5) is 14.7. The second kappa shape index (κ2) is 5.22. The highest BCUT2D eigenvalue weighted by molar-refractivity contribution is 5.87. The number of rotatable bonds is 5. The van der Waals surface area contributed by atoms with Crippen LogP contribution in [0.2, 0.25) is 0 Å². The topological polar surface area (TPSA) is 84.6 Å². The van der Waals surface area contributed by atoms with Crippen molar-refractivity contribution in [1.29, 1.82) is 0 Å². The van der Waals surface area contributed by atoms with Crippen LogP contribution in [0.4, 0.5) is 5.69 Å². The second-order valence-electron chi connectivity index (χ2n) is 3.55. The van der Waals surface area contributed by atoms with Gasteiger partial charge in [0.15, 0.2) is 0 Å². The Kier molecular flexibility index (Phi) is 3.47. The SMILES string of the molecule is COc1ccc(NCc2cc(C(=O)O)co2)cn1. The number of carbonyl (C=O) groups is 1. The Morgan fingerprint density at radius 2 is 2.39 bits per heavy atom. The predicted octanol–water partition coefficient (Wildman–Crippen LogP) is 1.99. The number of methoxy groups -OCH3 is 1. The van der Waals surface area contributed by atoms with Crippen LogP contribution in [-0.2, 0) is 6.54 Å². The fraction of sp³-hybridized carbons (Fsp3) is 0.167. The molecule has 0 fully saturated rings. The highest BCUT2D eigenvalue weighted by Crippen LogP contribution is 2.13. The maximum Gasteiger partial charge on any atom is 0.338 e. The first kappa shape index (κ1) is 12.0. The third kappa shape index (κ3) is 2.79. The zero-order chi connectivity index (χ0) is 13.0. The van der Waals surface area contributed by atoms with Gasteiger partial charge in [-0.1, -0.05) is 0 Å². The Morgan fingerprint density at radius 1 is 1.56 bits per heavy atom. The smallest absolute Gasteiger partial charge is 0.338 e. The lowest BCUT2D eigenvalue weighted by atomic mass is 10.3. The van der Waals surface area contributed by atoms with E-state index in [9.17, 15) is 4.79 Å². The fourth-order valence-corrected chi connectivity index (χ4v) is 1.38. The minimum absolute atomic E-state index is 0.139. The fourth-order valence-electron chi connectivity index (χ4n) is 1.38. The van der Waals surface area contributed by atoms with E-state index in [0.717, 1.165) is 5.69 Å². The average Bonchev–Trinajstić information content (AvgIpc) is 2.86. The number of ether oxygens (including phenoxy) is 1. The van der Waals surface area contributed by atoms with Crippen molar-refractivity contribution >= 4 is 11.7 Å². The van der Waals surface area contributed by atoms with Gasteiger partial charge in [0.05, 0.1) is 31.1 Å². The van der Waals surface area contributed by atoms with Crippen LogP contribution in [0, 0.1) is 0 Å². The minimum Gasteiger partial charge on any atom is -0.481 e. The van der Waals surface area contributed by atoms with Crippen LogP contribution in [0.5, 0.6) is 5.88 Å². The van der Waals surface area contributed by atoms with E-state index in [4.69, 9.17) is 14.3 Å². The summed E-state index contributed by atoms with van der Waals surface area (Å²) < 4.78 is 10.0. The third-order valence-electron chi connectivity index (χ3n) is 2.31. The predicted molar refractivity (Wildman–Crippen MR) is 63.8 cm³/mol. The number of pyridine rings is 1. The van der Waals surface area contributed by atoms with E-state index < -0.39 is 5.97 Å². The van der Waals surface area contributed by atoms with Crippen molar-refractivity contribution in [2.45, 2.75) is 6.54 Å². The van der Waals surface area contributed by atoms with E-state index in [1.165, 1.54) is 12.3 Å². The molecule has 0 bridgehead atoms. The monoisotopic (exact) mass is 248 g/mol. The van der Waals surface area contributed by atoms with Gasteiger partial charge in [-0.25, -0.2) is 9.78 Å². The van der Waals surface area contributed by atoms with Gasteiger partial charge in [0.2, 0.25) is 5.88 Å². The van der Waals surface area contributed by atoms with E-state index in [1.807, 2.05) is 6.07 Å². The molecule has 94 valence electrons. The van der Waals surface area contributed by atoms with Gasteiger partial charge in [0.1, 0.15) is 12.0 Å². The van der Waals surface area contributed by atoms with E-state index in [2.05, 4.69) is 10.3 Å². The Morgan fingerprint density at radius 3 is 2.94 bits per heavy atom. The molecular formula is C12H12N2O4. The molecule has 0 radical (unpaired) electrons. The summed E-state index contributed by atoms with van der Waals surface area (Å²) in [6, 6.07) is 5.02. The molecule has 0 aliphatic carbocycles. The molecule has 0 amide bonds. The van der Waals surface area contributed by atoms with Crippen LogP contribution >= 0.6 is 0 Å². The Balaban J connectivity index is 1.95. The number of nitrogens with one attached hydrogen (secondary N) is 1. The lowest BCUT2D eigenvalue weighted by Crippen LogP contribution is -1.99. The van der Waals surface area contributed by atoms with Gasteiger partial charge in [0.25, 0.3) is 0 Å². The first-order chi connectivity index (χ1) is 8.69. The van der Waals surface area contributed by atoms with Gasteiger partial charge in [-0.15, -0.1) is 0 Å². The van der Waals surface area contributed by atoms with Gasteiger partial charge < -0.3 is 19.6 Å². The molecule has 0 aliphatic rings. The number of furan rings is 1. The van der Waals surface area contributed by atoms with E-state index in [-0.39, 0.29) is 5.56 Å². The first-order valence-corrected chi connectivity index (χ1v) is 5.23. The average molecular weight is 248 g/mol. The molecule has 2 aromatic heterocycles. The highest BCUT2D eigenvalue weighted by Gasteiger charge is 2.07. The van der Waals surface area contributed by atoms with Crippen molar-refractivity contribution in [1.82, 2.24) is 4.98 Å². The van der Waals surface area contributed by atoms with Crippen molar-refractivity contribution in [2.24, 2.45) is 0 Å². The standard InChI is InChI=1S/C12H12N2O4/c1-17-11-3-2-9(5-14-11)13-6-10-4-8(7-18-10)12(15)16/h2-5,7,13H,6H2,1H3,(H,15,16). The molecule has 2 N–H and O–H groups in total. The number of aromatic nitrogens is 1. The third-order valence-corrected chi connectivity index (χ3v) is 2.31. The van der Waals surface area contributed by atoms with E-state index in [1.54, 1.807) is 19.4 Å². The Bertz CT molecular complexity index is 533. The normalized spacial score (nSPS) is 10.1. The Labute approximate surface area is 103 Å². The van der Waals surface area contributed by atoms with Crippen LogP contribution in [0.15, 0.2) is 35.1 Å². The molecule has 0 aromatic carbocycles. The first-order valence-electron chi connectivity index (χ1n) is 5.23. The van der Waals surface area contributed by atoms with Crippen molar-refractivity contribution in [3.8, 4) is 5.88 Å². The Hall–Kier alpha value is -2.50. The molecule has 0 atom stereocenters. The summed E-state index contributed by atoms with van der Waals surface area (Å²) in [6.45, 7) is 0.390. The lowest BCUT2D eigenvalue weighted by molar-refractivity contribution is 0.0696. The zero-order valence-electron chi connectivity index (χ0n) is 9.71. The van der Waals surface area contributed by atoms with Gasteiger partial charge >= 0.3 is 5.97 Å². The molecule has 0 aliphatic heterocycles. The van der Waals surface area contributed by atoms with Crippen LogP contribution < -0.4 is 10.1 Å². The number of anilines is 1. The molecule has 2 heterocycles. The number of aromatic carboxylic acids is 1. The summed E-state index contributed by atoms with van der Waals surface area (Å²) in [5.41, 5.74) is 0.934. The van der Waals surface area contributed by atoms with Crippen LogP contribution in [-0.4, -0.2) is 23.2 Å². The van der Waals surface area contributed by atoms with Crippen molar-refractivity contribution in [2.75, 3.05) is 12.4 Å². The van der Waals surface area contributed by atoms with Gasteiger partial charge in [-0.2, -0.15) is 0 Å². The number of hydrogen-bond donors (Lipinski definition) is 2. The van der Waals surface area contributed by atoms with Gasteiger partial charge in [-0.3, -0.25) is 0 Å². The molecule has 0 spiro atoms. The maximum absolute atomic E-state index is 10.7. The van der Waals surface area contributed by atoms with E-state index in [0.29, 0.717) is 18.2 Å². The molecule has 6 heteroatoms. The summed E-state index contributed by atoms with van der Waals surface area (Å²) in [5.74, 6) is 0.0750. The number of nitrogens with zero attached hydrogens (tertiary/aromatic N) is 1. The highest BCUT2D eigenvalue weighted by atomic mass is 16.5. The lowest BCUT2D eigenvalue weighted by Gasteiger charge is -2.04. The van der Waals surface area contributed by atoms with Crippen molar-refractivity contribution < 1.29 is 19.1 Å². The summed E-state index contributed by atoms with van der Waals surface area (Å²) in [5, 5.41) is 11.8. The second-order valence-corrected chi connectivity index (χ2v) is 3.55. The van der Waals surface area contributed by atoms with E-state index >= 15 is 0 Å². The zero-order valence-corrected chi connectivity index (χ0v) is 9.71. The van der Waals surface area contributed by atoms with Crippen molar-refractivity contribution in [3.05, 3.63) is 42.0 Å². The number of carboxylic acids is 1. The minimum atomic E-state index is -1.00. The molecule has 6 nitrogen and oxygen atoms in total. The molecule has 0 unspecified atom stereocenters. The van der Waals surface area contributed by atoms with Crippen LogP contribution in [0.25, 0.3) is 0 Å². The summed E-state index contributed by atoms with van der Waals surface area (Å²) in [6.07, 6.45) is 2.84. The van der Waals surface area contributed by atoms with Gasteiger partial charge in [0, 0.05) is 6.07 Å². The molecule has 0 saturated carbocycles. The summed E-state index contributed by atoms with van der Waals surface area (Å²) in [7, 11) is 1.55. The van der Waals surface area contributed by atoms with Crippen molar-refractivity contribution in [3.63, 3.8) is 0 Å². The quantitative estimate of drug-likeness (QED) is 0.841.